The summed E-state index contributed by atoms with van der Waals surface area (Å²) >= 11 is 5.88. The molecule has 0 atom stereocenters. The van der Waals surface area contributed by atoms with Crippen molar-refractivity contribution in [3.05, 3.63) is 52.5 Å². The molecule has 0 saturated heterocycles. The molecule has 0 aliphatic rings. The molecule has 0 bridgehead atoms. The molecule has 6 heteroatoms. The summed E-state index contributed by atoms with van der Waals surface area (Å²) in [5, 5.41) is 3.36. The Bertz CT molecular complexity index is 731. The Kier molecular flexibility index (Phi) is 5.60. The van der Waals surface area contributed by atoms with Crippen LogP contribution in [-0.2, 0) is 4.79 Å². The van der Waals surface area contributed by atoms with Crippen LogP contribution in [0.25, 0.3) is 0 Å². The van der Waals surface area contributed by atoms with Crippen molar-refractivity contribution in [1.82, 2.24) is 0 Å². The van der Waals surface area contributed by atoms with Crippen LogP contribution < -0.4 is 14.8 Å². The monoisotopic (exact) mass is 333 g/mol. The van der Waals surface area contributed by atoms with Crippen molar-refractivity contribution in [3.8, 4) is 11.5 Å². The van der Waals surface area contributed by atoms with Gasteiger partial charge in [0, 0.05) is 16.3 Å². The van der Waals surface area contributed by atoms with E-state index in [0.717, 1.165) is 5.56 Å². The van der Waals surface area contributed by atoms with Crippen molar-refractivity contribution in [2.45, 2.75) is 6.92 Å². The highest BCUT2D eigenvalue weighted by atomic mass is 35.5. The average Bonchev–Trinajstić information content (AvgIpc) is 2.55. The van der Waals surface area contributed by atoms with Gasteiger partial charge in [0.15, 0.2) is 18.1 Å². The third-order valence-corrected chi connectivity index (χ3v) is 3.38. The number of halogens is 1. The predicted molar refractivity (Wildman–Crippen MR) is 88.7 cm³/mol. The van der Waals surface area contributed by atoms with Crippen molar-refractivity contribution in [2.75, 3.05) is 19.0 Å². The minimum Gasteiger partial charge on any atom is -0.493 e. The summed E-state index contributed by atoms with van der Waals surface area (Å²) in [5.41, 5.74) is 2.00. The van der Waals surface area contributed by atoms with Crippen molar-refractivity contribution in [1.29, 1.82) is 0 Å². The van der Waals surface area contributed by atoms with Gasteiger partial charge in [0.25, 0.3) is 5.91 Å². The van der Waals surface area contributed by atoms with Crippen molar-refractivity contribution in [3.63, 3.8) is 0 Å². The van der Waals surface area contributed by atoms with Crippen LogP contribution in [0.1, 0.15) is 15.9 Å². The predicted octanol–water partition coefficient (Wildman–Crippen LogP) is 3.49. The quantitative estimate of drug-likeness (QED) is 0.822. The molecule has 0 saturated carbocycles. The number of aryl methyl sites for hydroxylation is 1. The molecule has 2 aromatic carbocycles. The first-order chi connectivity index (χ1) is 11.0. The number of amides is 1. The summed E-state index contributed by atoms with van der Waals surface area (Å²) in [6, 6.07) is 9.92. The van der Waals surface area contributed by atoms with Crippen LogP contribution in [0.2, 0.25) is 5.02 Å². The third kappa shape index (κ3) is 4.47. The number of ether oxygens (including phenoxy) is 2. The second-order valence-electron chi connectivity index (χ2n) is 4.82. The largest absolute Gasteiger partial charge is 0.493 e. The zero-order valence-electron chi connectivity index (χ0n) is 12.8. The smallest absolute Gasteiger partial charge is 0.262 e. The van der Waals surface area contributed by atoms with Gasteiger partial charge in [-0.2, -0.15) is 0 Å². The Morgan fingerprint density at radius 1 is 1.22 bits per heavy atom. The van der Waals surface area contributed by atoms with E-state index in [1.165, 1.54) is 7.11 Å². The first kappa shape index (κ1) is 16.8. The first-order valence-electron chi connectivity index (χ1n) is 6.85. The number of benzene rings is 2. The van der Waals surface area contributed by atoms with Gasteiger partial charge >= 0.3 is 0 Å². The summed E-state index contributed by atoms with van der Waals surface area (Å²) in [6.45, 7) is 1.67. The third-order valence-electron chi connectivity index (χ3n) is 3.15. The Balaban J connectivity index is 2.00. The van der Waals surface area contributed by atoms with Crippen LogP contribution in [0.4, 0.5) is 5.69 Å². The normalized spacial score (nSPS) is 10.0. The Labute approximate surface area is 139 Å². The second kappa shape index (κ2) is 7.65. The molecule has 2 rings (SSSR count). The highest BCUT2D eigenvalue weighted by Gasteiger charge is 2.10. The summed E-state index contributed by atoms with van der Waals surface area (Å²) in [5.74, 6) is 0.475. The lowest BCUT2D eigenvalue weighted by Crippen LogP contribution is -2.20. The van der Waals surface area contributed by atoms with Crippen molar-refractivity contribution < 1.29 is 19.1 Å². The number of carbonyl (C=O) groups excluding carboxylic acids is 2. The zero-order valence-corrected chi connectivity index (χ0v) is 13.5. The van der Waals surface area contributed by atoms with E-state index in [1.807, 2.05) is 6.92 Å². The Hall–Kier alpha value is -2.53. The molecule has 5 nitrogen and oxygen atoms in total. The van der Waals surface area contributed by atoms with Gasteiger partial charge in [-0.05, 0) is 48.9 Å². The molecule has 120 valence electrons. The van der Waals surface area contributed by atoms with Crippen LogP contribution in [0.3, 0.4) is 0 Å². The van der Waals surface area contributed by atoms with Crippen LogP contribution in [-0.4, -0.2) is 25.9 Å². The number of rotatable bonds is 6. The van der Waals surface area contributed by atoms with E-state index in [2.05, 4.69) is 5.32 Å². The molecule has 0 spiro atoms. The van der Waals surface area contributed by atoms with Gasteiger partial charge in [-0.3, -0.25) is 9.59 Å². The van der Waals surface area contributed by atoms with E-state index < -0.39 is 0 Å². The SMILES string of the molecule is COc1cc(C=O)ccc1OCC(=O)Nc1ccc(Cl)cc1C. The number of hydrogen-bond acceptors (Lipinski definition) is 4. The maximum absolute atomic E-state index is 12.0. The van der Waals surface area contributed by atoms with Crippen LogP contribution in [0.15, 0.2) is 36.4 Å². The van der Waals surface area contributed by atoms with Crippen LogP contribution >= 0.6 is 11.6 Å². The number of aldehydes is 1. The van der Waals surface area contributed by atoms with Crippen molar-refractivity contribution in [2.24, 2.45) is 0 Å². The van der Waals surface area contributed by atoms with E-state index in [0.29, 0.717) is 34.1 Å². The standard InChI is InChI=1S/C17H16ClNO4/c1-11-7-13(18)4-5-14(11)19-17(21)10-23-15-6-3-12(9-20)8-16(15)22-2/h3-9H,10H2,1-2H3,(H,19,21). The number of nitrogens with one attached hydrogen (secondary N) is 1. The molecule has 0 fully saturated rings. The molecule has 1 N–H and O–H groups in total. The summed E-state index contributed by atoms with van der Waals surface area (Å²) in [6.07, 6.45) is 0.711. The summed E-state index contributed by atoms with van der Waals surface area (Å²) in [4.78, 5) is 22.7. The fourth-order valence-electron chi connectivity index (χ4n) is 1.97. The average molecular weight is 334 g/mol. The van der Waals surface area contributed by atoms with E-state index in [9.17, 15) is 9.59 Å². The second-order valence-corrected chi connectivity index (χ2v) is 5.26. The lowest BCUT2D eigenvalue weighted by molar-refractivity contribution is -0.118. The minimum atomic E-state index is -0.308. The van der Waals surface area contributed by atoms with E-state index in [4.69, 9.17) is 21.1 Å². The van der Waals surface area contributed by atoms with Gasteiger partial charge in [-0.1, -0.05) is 11.6 Å². The molecular formula is C17H16ClNO4. The number of anilines is 1. The lowest BCUT2D eigenvalue weighted by atomic mass is 10.2. The van der Waals surface area contributed by atoms with Gasteiger partial charge in [0.05, 0.1) is 7.11 Å². The topological polar surface area (TPSA) is 64.6 Å². The summed E-state index contributed by atoms with van der Waals surface area (Å²) < 4.78 is 10.6. The molecule has 23 heavy (non-hydrogen) atoms. The highest BCUT2D eigenvalue weighted by molar-refractivity contribution is 6.30. The number of methoxy groups -OCH3 is 1. The van der Waals surface area contributed by atoms with E-state index in [-0.39, 0.29) is 12.5 Å². The lowest BCUT2D eigenvalue weighted by Gasteiger charge is -2.12. The van der Waals surface area contributed by atoms with Gasteiger partial charge in [-0.25, -0.2) is 0 Å². The molecule has 2 aromatic rings. The Morgan fingerprint density at radius 2 is 2.00 bits per heavy atom. The molecule has 0 unspecified atom stereocenters. The highest BCUT2D eigenvalue weighted by Crippen LogP contribution is 2.27. The molecular weight excluding hydrogens is 318 g/mol. The molecule has 1 amide bonds. The van der Waals surface area contributed by atoms with Gasteiger partial charge in [0.1, 0.15) is 6.29 Å². The first-order valence-corrected chi connectivity index (χ1v) is 7.23. The van der Waals surface area contributed by atoms with Crippen LogP contribution in [0, 0.1) is 6.92 Å². The fourth-order valence-corrected chi connectivity index (χ4v) is 2.20. The van der Waals surface area contributed by atoms with E-state index >= 15 is 0 Å². The zero-order chi connectivity index (χ0) is 16.8. The molecule has 0 aliphatic heterocycles. The van der Waals surface area contributed by atoms with Gasteiger partial charge < -0.3 is 14.8 Å². The molecule has 0 radical (unpaired) electrons. The van der Waals surface area contributed by atoms with Crippen molar-refractivity contribution >= 4 is 29.5 Å². The van der Waals surface area contributed by atoms with Gasteiger partial charge in [0.2, 0.25) is 0 Å². The molecule has 0 heterocycles. The van der Waals surface area contributed by atoms with E-state index in [1.54, 1.807) is 36.4 Å². The van der Waals surface area contributed by atoms with Crippen LogP contribution in [0.5, 0.6) is 11.5 Å². The maximum Gasteiger partial charge on any atom is 0.262 e. The molecule has 0 aromatic heterocycles. The maximum atomic E-state index is 12.0. The molecule has 0 aliphatic carbocycles. The Morgan fingerprint density at radius 3 is 2.65 bits per heavy atom. The summed E-state index contributed by atoms with van der Waals surface area (Å²) in [7, 11) is 1.47. The minimum absolute atomic E-state index is 0.182. The van der Waals surface area contributed by atoms with Gasteiger partial charge in [-0.15, -0.1) is 0 Å². The number of carbonyl (C=O) groups is 2. The fraction of sp³-hybridized carbons (Fsp3) is 0.176. The number of hydrogen-bond donors (Lipinski definition) is 1.